The zero-order valence-electron chi connectivity index (χ0n) is 8.76. The summed E-state index contributed by atoms with van der Waals surface area (Å²) < 4.78 is 13.1. The van der Waals surface area contributed by atoms with Crippen LogP contribution in [-0.4, -0.2) is 11.0 Å². The van der Waals surface area contributed by atoms with Gasteiger partial charge in [-0.3, -0.25) is 0 Å². The van der Waals surface area contributed by atoms with Crippen LogP contribution in [0.1, 0.15) is 18.9 Å². The van der Waals surface area contributed by atoms with Gasteiger partial charge >= 0.3 is 0 Å². The van der Waals surface area contributed by atoms with Gasteiger partial charge in [0.15, 0.2) is 0 Å². The Morgan fingerprint density at radius 2 is 2.27 bits per heavy atom. The highest BCUT2D eigenvalue weighted by Crippen LogP contribution is 2.20. The van der Waals surface area contributed by atoms with Crippen molar-refractivity contribution < 1.29 is 4.39 Å². The van der Waals surface area contributed by atoms with Crippen molar-refractivity contribution in [3.05, 3.63) is 35.8 Å². The number of H-pyrrole nitrogens is 1. The summed E-state index contributed by atoms with van der Waals surface area (Å²) in [6.45, 7) is 1.98. The molecule has 0 aliphatic rings. The maximum atomic E-state index is 13.1. The second-order valence-electron chi connectivity index (χ2n) is 4.02. The third kappa shape index (κ3) is 2.18. The zero-order valence-corrected chi connectivity index (χ0v) is 8.76. The molecule has 3 N–H and O–H groups in total. The van der Waals surface area contributed by atoms with Gasteiger partial charge in [0.2, 0.25) is 0 Å². The summed E-state index contributed by atoms with van der Waals surface area (Å²) in [5, 5.41) is 0.968. The molecule has 0 spiro atoms. The number of nitrogens with one attached hydrogen (secondary N) is 1. The summed E-state index contributed by atoms with van der Waals surface area (Å²) >= 11 is 0. The number of aryl methyl sites for hydroxylation is 1. The van der Waals surface area contributed by atoms with Crippen molar-refractivity contribution in [2.24, 2.45) is 5.73 Å². The second-order valence-corrected chi connectivity index (χ2v) is 4.02. The molecule has 0 aliphatic heterocycles. The van der Waals surface area contributed by atoms with E-state index in [0.29, 0.717) is 0 Å². The lowest BCUT2D eigenvalue weighted by molar-refractivity contribution is 0.629. The normalized spacial score (nSPS) is 13.3. The maximum absolute atomic E-state index is 13.1. The largest absolute Gasteiger partial charge is 0.361 e. The van der Waals surface area contributed by atoms with Crippen molar-refractivity contribution in [1.82, 2.24) is 4.98 Å². The number of aromatic nitrogens is 1. The van der Waals surface area contributed by atoms with Gasteiger partial charge in [-0.15, -0.1) is 0 Å². The topological polar surface area (TPSA) is 41.8 Å². The van der Waals surface area contributed by atoms with Gasteiger partial charge in [0.25, 0.3) is 0 Å². The van der Waals surface area contributed by atoms with E-state index in [1.807, 2.05) is 13.1 Å². The summed E-state index contributed by atoms with van der Waals surface area (Å²) in [6, 6.07) is 4.99. The van der Waals surface area contributed by atoms with Crippen LogP contribution in [0.2, 0.25) is 0 Å². The molecule has 2 rings (SSSR count). The van der Waals surface area contributed by atoms with Gasteiger partial charge in [-0.1, -0.05) is 0 Å². The summed E-state index contributed by atoms with van der Waals surface area (Å²) in [4.78, 5) is 3.13. The van der Waals surface area contributed by atoms with Crippen LogP contribution in [-0.2, 0) is 6.42 Å². The molecule has 0 amide bonds. The fourth-order valence-corrected chi connectivity index (χ4v) is 1.74. The highest BCUT2D eigenvalue weighted by atomic mass is 19.1. The van der Waals surface area contributed by atoms with E-state index in [1.165, 1.54) is 6.07 Å². The minimum absolute atomic E-state index is 0.184. The van der Waals surface area contributed by atoms with E-state index >= 15 is 0 Å². The highest BCUT2D eigenvalue weighted by molar-refractivity contribution is 5.83. The molecule has 1 atom stereocenters. The molecule has 0 fully saturated rings. The Labute approximate surface area is 88.3 Å². The first-order valence-corrected chi connectivity index (χ1v) is 5.18. The minimum atomic E-state index is -0.191. The van der Waals surface area contributed by atoms with E-state index in [1.54, 1.807) is 12.1 Å². The first-order valence-electron chi connectivity index (χ1n) is 5.18. The zero-order chi connectivity index (χ0) is 10.8. The molecule has 2 nitrogen and oxygen atoms in total. The SMILES string of the molecule is C[C@H](N)CCc1c[nH]c2ccc(F)cc12. The number of hydrogen-bond acceptors (Lipinski definition) is 1. The predicted octanol–water partition coefficient (Wildman–Crippen LogP) is 2.59. The average Bonchev–Trinajstić information content (AvgIpc) is 2.57. The molecular formula is C12H15FN2. The molecule has 15 heavy (non-hydrogen) atoms. The molecule has 0 saturated carbocycles. The van der Waals surface area contributed by atoms with Crippen LogP contribution in [0, 0.1) is 5.82 Å². The van der Waals surface area contributed by atoms with Crippen molar-refractivity contribution in [3.8, 4) is 0 Å². The van der Waals surface area contributed by atoms with Gasteiger partial charge in [-0.2, -0.15) is 0 Å². The van der Waals surface area contributed by atoms with Crippen molar-refractivity contribution >= 4 is 10.9 Å². The fraction of sp³-hybridized carbons (Fsp3) is 0.333. The lowest BCUT2D eigenvalue weighted by atomic mass is 10.1. The Morgan fingerprint density at radius 1 is 1.47 bits per heavy atom. The molecule has 1 aromatic carbocycles. The minimum Gasteiger partial charge on any atom is -0.361 e. The molecule has 0 radical (unpaired) electrons. The summed E-state index contributed by atoms with van der Waals surface area (Å²) in [6.07, 6.45) is 3.75. The van der Waals surface area contributed by atoms with Gasteiger partial charge in [0.1, 0.15) is 5.82 Å². The molecule has 0 saturated heterocycles. The molecule has 0 aliphatic carbocycles. The maximum Gasteiger partial charge on any atom is 0.123 e. The number of hydrogen-bond donors (Lipinski definition) is 2. The Morgan fingerprint density at radius 3 is 3.00 bits per heavy atom. The number of rotatable bonds is 3. The molecular weight excluding hydrogens is 191 g/mol. The second kappa shape index (κ2) is 4.03. The molecule has 0 bridgehead atoms. The van der Waals surface area contributed by atoms with Crippen LogP contribution < -0.4 is 5.73 Å². The van der Waals surface area contributed by atoms with E-state index < -0.39 is 0 Å². The fourth-order valence-electron chi connectivity index (χ4n) is 1.74. The number of aromatic amines is 1. The lowest BCUT2D eigenvalue weighted by Gasteiger charge is -2.03. The highest BCUT2D eigenvalue weighted by Gasteiger charge is 2.05. The van der Waals surface area contributed by atoms with Gasteiger partial charge in [0, 0.05) is 23.1 Å². The molecule has 0 unspecified atom stereocenters. The Hall–Kier alpha value is -1.35. The van der Waals surface area contributed by atoms with E-state index in [-0.39, 0.29) is 11.9 Å². The molecule has 3 heteroatoms. The number of fused-ring (bicyclic) bond motifs is 1. The van der Waals surface area contributed by atoms with Crippen LogP contribution >= 0.6 is 0 Å². The van der Waals surface area contributed by atoms with Crippen LogP contribution in [0.5, 0.6) is 0 Å². The first kappa shape index (κ1) is 10.2. The molecule has 80 valence electrons. The predicted molar refractivity (Wildman–Crippen MR) is 60.2 cm³/mol. The van der Waals surface area contributed by atoms with Crippen molar-refractivity contribution in [2.75, 3.05) is 0 Å². The van der Waals surface area contributed by atoms with E-state index in [2.05, 4.69) is 4.98 Å². The van der Waals surface area contributed by atoms with Crippen molar-refractivity contribution in [2.45, 2.75) is 25.8 Å². The van der Waals surface area contributed by atoms with E-state index in [9.17, 15) is 4.39 Å². The Kier molecular flexibility index (Phi) is 2.73. The van der Waals surface area contributed by atoms with E-state index in [4.69, 9.17) is 5.73 Å². The summed E-state index contributed by atoms with van der Waals surface area (Å²) in [7, 11) is 0. The third-order valence-electron chi connectivity index (χ3n) is 2.60. The van der Waals surface area contributed by atoms with Crippen LogP contribution in [0.3, 0.4) is 0 Å². The monoisotopic (exact) mass is 206 g/mol. The summed E-state index contributed by atoms with van der Waals surface area (Å²) in [5.41, 5.74) is 7.82. The van der Waals surface area contributed by atoms with Crippen LogP contribution in [0.4, 0.5) is 4.39 Å². The van der Waals surface area contributed by atoms with Gasteiger partial charge in [-0.25, -0.2) is 4.39 Å². The summed E-state index contributed by atoms with van der Waals surface area (Å²) in [5.74, 6) is -0.191. The van der Waals surface area contributed by atoms with E-state index in [0.717, 1.165) is 29.3 Å². The van der Waals surface area contributed by atoms with Gasteiger partial charge < -0.3 is 10.7 Å². The average molecular weight is 206 g/mol. The van der Waals surface area contributed by atoms with Crippen molar-refractivity contribution in [3.63, 3.8) is 0 Å². The number of nitrogens with two attached hydrogens (primary N) is 1. The number of halogens is 1. The number of benzene rings is 1. The first-order chi connectivity index (χ1) is 7.16. The third-order valence-corrected chi connectivity index (χ3v) is 2.60. The Balaban J connectivity index is 2.31. The van der Waals surface area contributed by atoms with Crippen LogP contribution in [0.25, 0.3) is 10.9 Å². The van der Waals surface area contributed by atoms with Crippen LogP contribution in [0.15, 0.2) is 24.4 Å². The Bertz CT molecular complexity index is 460. The van der Waals surface area contributed by atoms with Gasteiger partial charge in [-0.05, 0) is 43.5 Å². The molecule has 2 aromatic rings. The molecule has 1 heterocycles. The standard InChI is InChI=1S/C12H15FN2/c1-8(14)2-3-9-7-15-12-5-4-10(13)6-11(9)12/h4-8,15H,2-3,14H2,1H3/t8-/m0/s1. The molecule has 1 aromatic heterocycles. The lowest BCUT2D eigenvalue weighted by Crippen LogP contribution is -2.15. The smallest absolute Gasteiger partial charge is 0.123 e. The quantitative estimate of drug-likeness (QED) is 0.796. The van der Waals surface area contributed by atoms with Gasteiger partial charge in [0.05, 0.1) is 0 Å². The van der Waals surface area contributed by atoms with Crippen molar-refractivity contribution in [1.29, 1.82) is 0 Å².